The van der Waals surface area contributed by atoms with E-state index in [1.54, 1.807) is 0 Å². The van der Waals surface area contributed by atoms with Crippen LogP contribution < -0.4 is 5.32 Å². The first-order valence-electron chi connectivity index (χ1n) is 7.41. The Balaban J connectivity index is 1.48. The first-order valence-corrected chi connectivity index (χ1v) is 8.17. The second-order valence-electron chi connectivity index (χ2n) is 6.19. The van der Waals surface area contributed by atoms with E-state index in [1.165, 1.54) is 4.90 Å². The summed E-state index contributed by atoms with van der Waals surface area (Å²) >= 11 is 11.8. The van der Waals surface area contributed by atoms with Gasteiger partial charge >= 0.3 is 0 Å². The van der Waals surface area contributed by atoms with Gasteiger partial charge in [0.15, 0.2) is 0 Å². The van der Waals surface area contributed by atoms with Crippen LogP contribution in [0.1, 0.15) is 44.9 Å². The molecule has 1 N–H and O–H groups in total. The number of hydrogen-bond acceptors (Lipinski definition) is 3. The van der Waals surface area contributed by atoms with Gasteiger partial charge in [-0.15, -0.1) is 23.2 Å². The molecular formula is C14H18Cl2N2O3. The van der Waals surface area contributed by atoms with Gasteiger partial charge in [-0.1, -0.05) is 0 Å². The molecule has 0 aromatic carbocycles. The van der Waals surface area contributed by atoms with E-state index in [0.29, 0.717) is 19.3 Å². The zero-order valence-electron chi connectivity index (χ0n) is 11.6. The van der Waals surface area contributed by atoms with Crippen LogP contribution in [0.4, 0.5) is 0 Å². The number of carbonyl (C=O) groups excluding carboxylic acids is 3. The van der Waals surface area contributed by atoms with Crippen LogP contribution in [0.5, 0.6) is 0 Å². The summed E-state index contributed by atoms with van der Waals surface area (Å²) in [4.78, 5) is 36.8. The molecule has 0 aromatic rings. The maximum atomic E-state index is 11.9. The summed E-state index contributed by atoms with van der Waals surface area (Å²) in [5, 5.41) is 2.97. The van der Waals surface area contributed by atoms with Gasteiger partial charge in [-0.2, -0.15) is 0 Å². The molecule has 3 aliphatic rings. The highest BCUT2D eigenvalue weighted by atomic mass is 35.5. The summed E-state index contributed by atoms with van der Waals surface area (Å²) in [6, 6.07) is 0.0908. The van der Waals surface area contributed by atoms with Crippen molar-refractivity contribution in [1.82, 2.24) is 10.2 Å². The van der Waals surface area contributed by atoms with Gasteiger partial charge in [0, 0.05) is 24.9 Å². The van der Waals surface area contributed by atoms with Crippen molar-refractivity contribution in [2.45, 2.75) is 61.4 Å². The standard InChI is InChI=1S/C14H18Cl2N2O3/c15-14(16)7-10(14)13(21)17-8-1-3-9(4-2-8)18-11(19)5-6-12(18)20/h8-10H,1-7H2,(H,17,21)/t8?,9?,10-/m0/s1. The molecule has 21 heavy (non-hydrogen) atoms. The van der Waals surface area contributed by atoms with Crippen LogP contribution in [0, 0.1) is 5.92 Å². The van der Waals surface area contributed by atoms with Crippen molar-refractivity contribution in [3.05, 3.63) is 0 Å². The number of hydrogen-bond donors (Lipinski definition) is 1. The summed E-state index contributed by atoms with van der Waals surface area (Å²) in [6.07, 6.45) is 4.24. The molecule has 5 nitrogen and oxygen atoms in total. The zero-order chi connectivity index (χ0) is 15.2. The third kappa shape index (κ3) is 3.04. The van der Waals surface area contributed by atoms with Crippen LogP contribution in [-0.4, -0.2) is 39.0 Å². The predicted octanol–water partition coefficient (Wildman–Crippen LogP) is 1.76. The van der Waals surface area contributed by atoms with Crippen molar-refractivity contribution in [3.63, 3.8) is 0 Å². The van der Waals surface area contributed by atoms with Crippen LogP contribution in [0.15, 0.2) is 0 Å². The van der Waals surface area contributed by atoms with E-state index in [4.69, 9.17) is 23.2 Å². The summed E-state index contributed by atoms with van der Waals surface area (Å²) in [7, 11) is 0. The minimum Gasteiger partial charge on any atom is -0.353 e. The number of imide groups is 1. The topological polar surface area (TPSA) is 66.5 Å². The summed E-state index contributed by atoms with van der Waals surface area (Å²) in [5.41, 5.74) is 0. The average Bonchev–Trinajstić information content (AvgIpc) is 2.95. The van der Waals surface area contributed by atoms with E-state index in [-0.39, 0.29) is 35.7 Å². The van der Waals surface area contributed by atoms with Crippen LogP contribution in [-0.2, 0) is 14.4 Å². The van der Waals surface area contributed by atoms with Gasteiger partial charge in [0.2, 0.25) is 17.7 Å². The minimum atomic E-state index is -0.893. The Morgan fingerprint density at radius 2 is 1.62 bits per heavy atom. The van der Waals surface area contributed by atoms with E-state index in [0.717, 1.165) is 25.7 Å². The monoisotopic (exact) mass is 332 g/mol. The highest BCUT2D eigenvalue weighted by Gasteiger charge is 2.56. The molecule has 0 unspecified atom stereocenters. The van der Waals surface area contributed by atoms with Gasteiger partial charge < -0.3 is 5.32 Å². The van der Waals surface area contributed by atoms with E-state index in [1.807, 2.05) is 0 Å². The maximum Gasteiger partial charge on any atom is 0.229 e. The highest BCUT2D eigenvalue weighted by Crippen LogP contribution is 2.53. The minimum absolute atomic E-state index is 0.00159. The van der Waals surface area contributed by atoms with E-state index in [9.17, 15) is 14.4 Å². The Morgan fingerprint density at radius 1 is 1.10 bits per heavy atom. The molecule has 1 heterocycles. The van der Waals surface area contributed by atoms with Crippen molar-refractivity contribution >= 4 is 40.9 Å². The fourth-order valence-corrected chi connectivity index (χ4v) is 3.79. The number of nitrogens with one attached hydrogen (secondary N) is 1. The highest BCUT2D eigenvalue weighted by molar-refractivity contribution is 6.52. The van der Waals surface area contributed by atoms with Crippen molar-refractivity contribution in [2.75, 3.05) is 0 Å². The van der Waals surface area contributed by atoms with Gasteiger partial charge in [-0.3, -0.25) is 19.3 Å². The Bertz CT molecular complexity index is 471. The van der Waals surface area contributed by atoms with E-state index >= 15 is 0 Å². The second kappa shape index (κ2) is 5.43. The molecule has 0 radical (unpaired) electrons. The number of likely N-dealkylation sites (tertiary alicyclic amines) is 1. The van der Waals surface area contributed by atoms with Crippen LogP contribution in [0.3, 0.4) is 0 Å². The Morgan fingerprint density at radius 3 is 2.10 bits per heavy atom. The van der Waals surface area contributed by atoms with Crippen LogP contribution in [0.25, 0.3) is 0 Å². The van der Waals surface area contributed by atoms with Crippen LogP contribution >= 0.6 is 23.2 Å². The number of rotatable bonds is 3. The molecule has 3 amide bonds. The molecular weight excluding hydrogens is 315 g/mol. The van der Waals surface area contributed by atoms with Gasteiger partial charge in [-0.25, -0.2) is 0 Å². The molecule has 1 aliphatic heterocycles. The number of alkyl halides is 2. The number of nitrogens with zero attached hydrogens (tertiary/aromatic N) is 1. The largest absolute Gasteiger partial charge is 0.353 e. The first-order chi connectivity index (χ1) is 9.88. The molecule has 116 valence electrons. The van der Waals surface area contributed by atoms with Crippen LogP contribution in [0.2, 0.25) is 0 Å². The van der Waals surface area contributed by atoms with E-state index in [2.05, 4.69) is 5.32 Å². The number of halogens is 2. The van der Waals surface area contributed by atoms with Crippen molar-refractivity contribution in [1.29, 1.82) is 0 Å². The summed E-state index contributed by atoms with van der Waals surface area (Å²) in [6.45, 7) is 0. The SMILES string of the molecule is O=C(NC1CCC(N2C(=O)CCC2=O)CC1)[C@@H]1CC1(Cl)Cl. The quantitative estimate of drug-likeness (QED) is 0.632. The lowest BCUT2D eigenvalue weighted by Gasteiger charge is -2.33. The normalized spacial score (nSPS) is 35.0. The molecule has 2 saturated carbocycles. The molecule has 7 heteroatoms. The number of carbonyl (C=O) groups is 3. The maximum absolute atomic E-state index is 11.9. The Labute approximate surface area is 133 Å². The first kappa shape index (κ1) is 15.1. The molecule has 3 fully saturated rings. The Kier molecular flexibility index (Phi) is 3.91. The lowest BCUT2D eigenvalue weighted by Crippen LogP contribution is -2.46. The van der Waals surface area contributed by atoms with Gasteiger partial charge in [0.05, 0.1) is 5.92 Å². The molecule has 0 bridgehead atoms. The lowest BCUT2D eigenvalue weighted by atomic mass is 9.90. The summed E-state index contributed by atoms with van der Waals surface area (Å²) < 4.78 is -0.893. The van der Waals surface area contributed by atoms with E-state index < -0.39 is 4.33 Å². The molecule has 0 aromatic heterocycles. The van der Waals surface area contributed by atoms with Crippen molar-refractivity contribution in [3.8, 4) is 0 Å². The average molecular weight is 333 g/mol. The van der Waals surface area contributed by atoms with Crippen molar-refractivity contribution in [2.24, 2.45) is 5.92 Å². The molecule has 2 aliphatic carbocycles. The smallest absolute Gasteiger partial charge is 0.229 e. The van der Waals surface area contributed by atoms with Gasteiger partial charge in [-0.05, 0) is 32.1 Å². The fraction of sp³-hybridized carbons (Fsp3) is 0.786. The third-order valence-electron chi connectivity index (χ3n) is 4.64. The molecule has 3 rings (SSSR count). The Hall–Kier alpha value is -0.810. The lowest BCUT2D eigenvalue weighted by molar-refractivity contribution is -0.142. The zero-order valence-corrected chi connectivity index (χ0v) is 13.1. The van der Waals surface area contributed by atoms with Gasteiger partial charge in [0.1, 0.15) is 4.33 Å². The fourth-order valence-electron chi connectivity index (χ4n) is 3.28. The predicted molar refractivity (Wildman–Crippen MR) is 77.8 cm³/mol. The summed E-state index contributed by atoms with van der Waals surface area (Å²) in [5.74, 6) is -0.504. The second-order valence-corrected chi connectivity index (χ2v) is 7.73. The molecule has 1 atom stereocenters. The third-order valence-corrected chi connectivity index (χ3v) is 5.48. The molecule has 0 spiro atoms. The van der Waals surface area contributed by atoms with Gasteiger partial charge in [0.25, 0.3) is 0 Å². The number of amides is 3. The van der Waals surface area contributed by atoms with Crippen molar-refractivity contribution < 1.29 is 14.4 Å². The molecule has 1 saturated heterocycles.